The van der Waals surface area contributed by atoms with Crippen LogP contribution in [0.5, 0.6) is 0 Å². The van der Waals surface area contributed by atoms with Gasteiger partial charge in [-0.2, -0.15) is 0 Å². The lowest BCUT2D eigenvalue weighted by atomic mass is 9.91. The first-order chi connectivity index (χ1) is 15.8. The lowest BCUT2D eigenvalue weighted by Gasteiger charge is -2.36. The molecular weight excluding hydrogens is 439 g/mol. The third-order valence-corrected chi connectivity index (χ3v) is 6.11. The van der Waals surface area contributed by atoms with Crippen molar-refractivity contribution in [2.24, 2.45) is 0 Å². The highest BCUT2D eigenvalue weighted by molar-refractivity contribution is 5.96. The predicted molar refractivity (Wildman–Crippen MR) is 112 cm³/mol. The molecule has 1 atom stereocenters. The second kappa shape index (κ2) is 7.72. The van der Waals surface area contributed by atoms with Gasteiger partial charge in [-0.1, -0.05) is 48.0 Å². The van der Waals surface area contributed by atoms with E-state index in [0.717, 1.165) is 26.9 Å². The number of aromatic amines is 1. The Morgan fingerprint density at radius 2 is 1.48 bits per heavy atom. The van der Waals surface area contributed by atoms with Crippen molar-refractivity contribution in [2.45, 2.75) is 19.4 Å². The van der Waals surface area contributed by atoms with Crippen molar-refractivity contribution in [3.8, 4) is 0 Å². The fourth-order valence-electron chi connectivity index (χ4n) is 4.49. The van der Waals surface area contributed by atoms with Crippen molar-refractivity contribution in [3.05, 3.63) is 106 Å². The lowest BCUT2D eigenvalue weighted by molar-refractivity contribution is 0.0678. The number of para-hydroxylation sites is 1. The molecule has 1 aromatic heterocycles. The fourth-order valence-corrected chi connectivity index (χ4v) is 4.49. The zero-order valence-electron chi connectivity index (χ0n) is 17.4. The van der Waals surface area contributed by atoms with E-state index < -0.39 is 46.6 Å². The minimum absolute atomic E-state index is 0.0335. The molecule has 33 heavy (non-hydrogen) atoms. The van der Waals surface area contributed by atoms with Crippen LogP contribution in [0, 0.1) is 36.0 Å². The maximum Gasteiger partial charge on any atom is 0.260 e. The number of benzene rings is 3. The van der Waals surface area contributed by atoms with Crippen LogP contribution in [-0.4, -0.2) is 22.3 Å². The van der Waals surface area contributed by atoms with Gasteiger partial charge in [0.25, 0.3) is 5.91 Å². The van der Waals surface area contributed by atoms with Gasteiger partial charge in [0.05, 0.1) is 6.04 Å². The van der Waals surface area contributed by atoms with Crippen molar-refractivity contribution in [2.75, 3.05) is 6.54 Å². The second-order valence-electron chi connectivity index (χ2n) is 8.07. The van der Waals surface area contributed by atoms with Gasteiger partial charge in [-0.05, 0) is 30.5 Å². The smallest absolute Gasteiger partial charge is 0.260 e. The SMILES string of the molecule is Cc1ccc(C2c3[nH]c4ccccc4c3CCN2C(=O)c2c(F)c(F)c(F)c(F)c2F)cc1. The molecule has 0 aliphatic carbocycles. The first-order valence-electron chi connectivity index (χ1n) is 10.3. The summed E-state index contributed by atoms with van der Waals surface area (Å²) in [5.41, 5.74) is 2.56. The van der Waals surface area contributed by atoms with E-state index in [1.807, 2.05) is 43.3 Å². The largest absolute Gasteiger partial charge is 0.356 e. The quantitative estimate of drug-likeness (QED) is 0.226. The van der Waals surface area contributed by atoms with Crippen LogP contribution in [0.15, 0.2) is 48.5 Å². The highest BCUT2D eigenvalue weighted by Gasteiger charge is 2.39. The summed E-state index contributed by atoms with van der Waals surface area (Å²) in [6.07, 6.45) is 0.350. The molecule has 168 valence electrons. The number of aromatic nitrogens is 1. The van der Waals surface area contributed by atoms with Gasteiger partial charge >= 0.3 is 0 Å². The molecule has 1 aliphatic rings. The number of fused-ring (bicyclic) bond motifs is 3. The molecule has 1 amide bonds. The number of carbonyl (C=O) groups excluding carboxylic acids is 1. The Labute approximate surface area is 185 Å². The maximum absolute atomic E-state index is 14.5. The molecule has 1 N–H and O–H groups in total. The van der Waals surface area contributed by atoms with E-state index >= 15 is 0 Å². The van der Waals surface area contributed by atoms with Gasteiger partial charge < -0.3 is 9.88 Å². The molecule has 3 nitrogen and oxygen atoms in total. The summed E-state index contributed by atoms with van der Waals surface area (Å²) < 4.78 is 70.2. The molecule has 0 bridgehead atoms. The number of hydrogen-bond donors (Lipinski definition) is 1. The normalized spacial score (nSPS) is 15.7. The number of rotatable bonds is 2. The minimum Gasteiger partial charge on any atom is -0.356 e. The summed E-state index contributed by atoms with van der Waals surface area (Å²) in [7, 11) is 0. The van der Waals surface area contributed by atoms with Gasteiger partial charge in [0.2, 0.25) is 5.82 Å². The molecule has 1 aliphatic heterocycles. The van der Waals surface area contributed by atoms with Crippen LogP contribution in [0.2, 0.25) is 0 Å². The van der Waals surface area contributed by atoms with Crippen LogP contribution in [0.1, 0.15) is 38.8 Å². The summed E-state index contributed by atoms with van der Waals surface area (Å²) in [6, 6.07) is 13.9. The highest BCUT2D eigenvalue weighted by atomic mass is 19.2. The first-order valence-corrected chi connectivity index (χ1v) is 10.3. The number of carbonyl (C=O) groups is 1. The Hall–Kier alpha value is -3.68. The van der Waals surface area contributed by atoms with Crippen molar-refractivity contribution < 1.29 is 26.7 Å². The molecular formula is C25H17F5N2O. The Morgan fingerprint density at radius 3 is 2.15 bits per heavy atom. The molecule has 2 heterocycles. The third-order valence-electron chi connectivity index (χ3n) is 6.11. The molecule has 1 unspecified atom stereocenters. The van der Waals surface area contributed by atoms with Crippen LogP contribution >= 0.6 is 0 Å². The Bertz CT molecular complexity index is 1380. The summed E-state index contributed by atoms with van der Waals surface area (Å²) >= 11 is 0. The Balaban J connectivity index is 1.70. The zero-order valence-corrected chi connectivity index (χ0v) is 17.4. The average molecular weight is 456 g/mol. The van der Waals surface area contributed by atoms with E-state index in [-0.39, 0.29) is 6.54 Å². The van der Waals surface area contributed by atoms with E-state index in [4.69, 9.17) is 0 Å². The van der Waals surface area contributed by atoms with Crippen LogP contribution in [0.3, 0.4) is 0 Å². The van der Waals surface area contributed by atoms with E-state index in [9.17, 15) is 26.7 Å². The lowest BCUT2D eigenvalue weighted by Crippen LogP contribution is -2.41. The molecule has 0 radical (unpaired) electrons. The number of hydrogen-bond acceptors (Lipinski definition) is 1. The highest BCUT2D eigenvalue weighted by Crippen LogP contribution is 2.40. The van der Waals surface area contributed by atoms with Gasteiger partial charge in [-0.25, -0.2) is 22.0 Å². The van der Waals surface area contributed by atoms with Crippen molar-refractivity contribution in [1.29, 1.82) is 0 Å². The van der Waals surface area contributed by atoms with Crippen molar-refractivity contribution in [3.63, 3.8) is 0 Å². The summed E-state index contributed by atoms with van der Waals surface area (Å²) in [4.78, 5) is 17.7. The molecule has 0 spiro atoms. The molecule has 3 aromatic carbocycles. The summed E-state index contributed by atoms with van der Waals surface area (Å²) in [6.45, 7) is 1.92. The van der Waals surface area contributed by atoms with Crippen molar-refractivity contribution in [1.82, 2.24) is 9.88 Å². The van der Waals surface area contributed by atoms with Crippen molar-refractivity contribution >= 4 is 16.8 Å². The monoisotopic (exact) mass is 456 g/mol. The summed E-state index contributed by atoms with van der Waals surface area (Å²) in [5.74, 6) is -12.1. The number of nitrogens with one attached hydrogen (secondary N) is 1. The van der Waals surface area contributed by atoms with E-state index in [1.54, 1.807) is 12.1 Å². The predicted octanol–water partition coefficient (Wildman–Crippen LogP) is 5.96. The van der Waals surface area contributed by atoms with E-state index in [0.29, 0.717) is 17.7 Å². The maximum atomic E-state index is 14.5. The van der Waals surface area contributed by atoms with Crippen LogP contribution in [0.25, 0.3) is 10.9 Å². The van der Waals surface area contributed by atoms with Crippen LogP contribution < -0.4 is 0 Å². The summed E-state index contributed by atoms with van der Waals surface area (Å²) in [5, 5.41) is 0.952. The van der Waals surface area contributed by atoms with Gasteiger partial charge in [0.1, 0.15) is 5.56 Å². The van der Waals surface area contributed by atoms with Crippen LogP contribution in [-0.2, 0) is 6.42 Å². The molecule has 0 saturated carbocycles. The Morgan fingerprint density at radius 1 is 0.879 bits per heavy atom. The van der Waals surface area contributed by atoms with Gasteiger partial charge in [-0.15, -0.1) is 0 Å². The van der Waals surface area contributed by atoms with E-state index in [1.165, 1.54) is 0 Å². The third kappa shape index (κ3) is 3.20. The molecule has 0 saturated heterocycles. The average Bonchev–Trinajstić information content (AvgIpc) is 3.20. The standard InChI is InChI=1S/C25H17F5N2O/c1-12-6-8-13(9-7-12)24-23-15(14-4-2-3-5-16(14)31-23)10-11-32(24)25(33)17-18(26)20(28)22(30)21(29)19(17)27/h2-9,24,31H,10-11H2,1H3. The molecule has 5 rings (SSSR count). The zero-order chi connectivity index (χ0) is 23.4. The fraction of sp³-hybridized carbons (Fsp3) is 0.160. The minimum atomic E-state index is -2.30. The van der Waals surface area contributed by atoms with Gasteiger partial charge in [0, 0.05) is 23.1 Å². The Kier molecular flexibility index (Phi) is 4.96. The second-order valence-corrected chi connectivity index (χ2v) is 8.07. The number of amides is 1. The van der Waals surface area contributed by atoms with Gasteiger partial charge in [-0.3, -0.25) is 4.79 Å². The van der Waals surface area contributed by atoms with Gasteiger partial charge in [0.15, 0.2) is 23.3 Å². The number of halogens is 5. The number of aryl methyl sites for hydroxylation is 1. The number of nitrogens with zero attached hydrogens (tertiary/aromatic N) is 1. The molecule has 0 fully saturated rings. The molecule has 4 aromatic rings. The molecule has 8 heteroatoms. The first kappa shape index (κ1) is 21.2. The van der Waals surface area contributed by atoms with E-state index in [2.05, 4.69) is 4.98 Å². The number of H-pyrrole nitrogens is 1. The topological polar surface area (TPSA) is 36.1 Å². The van der Waals surface area contributed by atoms with Crippen LogP contribution in [0.4, 0.5) is 22.0 Å².